The third kappa shape index (κ3) is 5.20. The zero-order chi connectivity index (χ0) is 22.0. The lowest BCUT2D eigenvalue weighted by Gasteiger charge is -2.56. The Hall–Kier alpha value is -1.86. The largest absolute Gasteiger partial charge is 0.490 e. The maximum Gasteiger partial charge on any atom is 0.319 e. The molecule has 6 nitrogen and oxygen atoms in total. The molecule has 5 aliphatic rings. The Morgan fingerprint density at radius 3 is 2.50 bits per heavy atom. The molecule has 0 aromatic heterocycles. The van der Waals surface area contributed by atoms with Gasteiger partial charge < -0.3 is 20.1 Å². The van der Waals surface area contributed by atoms with Gasteiger partial charge in [-0.3, -0.25) is 4.90 Å². The highest BCUT2D eigenvalue weighted by molar-refractivity contribution is 5.89. The van der Waals surface area contributed by atoms with Crippen molar-refractivity contribution in [1.29, 1.82) is 0 Å². The van der Waals surface area contributed by atoms with Crippen molar-refractivity contribution in [2.75, 3.05) is 51.3 Å². The van der Waals surface area contributed by atoms with Crippen LogP contribution in [0.25, 0.3) is 0 Å². The normalized spacial score (nSPS) is 31.5. The molecule has 4 bridgehead atoms. The van der Waals surface area contributed by atoms with Crippen LogP contribution in [0, 0.1) is 29.0 Å². The molecule has 32 heavy (non-hydrogen) atoms. The van der Waals surface area contributed by atoms with Gasteiger partial charge in [0.15, 0.2) is 11.6 Å². The van der Waals surface area contributed by atoms with Gasteiger partial charge in [-0.25, -0.2) is 9.18 Å². The summed E-state index contributed by atoms with van der Waals surface area (Å²) < 4.78 is 25.2. The molecule has 6 rings (SSSR count). The molecular weight excluding hydrogens is 409 g/mol. The molecule has 4 saturated carbocycles. The van der Waals surface area contributed by atoms with Crippen LogP contribution in [0.3, 0.4) is 0 Å². The molecule has 7 heteroatoms. The van der Waals surface area contributed by atoms with Crippen molar-refractivity contribution in [3.05, 3.63) is 24.0 Å². The molecule has 176 valence electrons. The molecule has 0 spiro atoms. The van der Waals surface area contributed by atoms with Gasteiger partial charge in [-0.2, -0.15) is 0 Å². The molecule has 1 heterocycles. The van der Waals surface area contributed by atoms with E-state index >= 15 is 0 Å². The standard InChI is InChI=1S/C25H36FN3O3/c26-22-3-2-21(13-23(22)32-7-1-4-29-5-8-31-9-6-29)28-24(30)27-17-25-14-18-10-19(15-25)12-20(11-18)16-25/h2-3,13,18-20H,1,4-12,14-17H2,(H2,27,28,30). The molecule has 4 aliphatic carbocycles. The number of urea groups is 1. The maximum atomic E-state index is 14.2. The summed E-state index contributed by atoms with van der Waals surface area (Å²) in [5.41, 5.74) is 0.849. The van der Waals surface area contributed by atoms with E-state index < -0.39 is 5.82 Å². The van der Waals surface area contributed by atoms with Crippen LogP contribution in [0.5, 0.6) is 5.75 Å². The Bertz CT molecular complexity index is 776. The third-order valence-corrected chi connectivity index (χ3v) is 7.96. The fraction of sp³-hybridized carbons (Fsp3) is 0.720. The lowest BCUT2D eigenvalue weighted by Crippen LogP contribution is -2.51. The summed E-state index contributed by atoms with van der Waals surface area (Å²) in [7, 11) is 0. The Morgan fingerprint density at radius 2 is 1.81 bits per heavy atom. The molecular formula is C25H36FN3O3. The lowest BCUT2D eigenvalue weighted by atomic mass is 9.49. The van der Waals surface area contributed by atoms with Crippen LogP contribution in [-0.2, 0) is 4.74 Å². The van der Waals surface area contributed by atoms with Gasteiger partial charge >= 0.3 is 6.03 Å². The van der Waals surface area contributed by atoms with Crippen LogP contribution in [0.4, 0.5) is 14.9 Å². The number of amides is 2. The average Bonchev–Trinajstić information content (AvgIpc) is 2.77. The minimum absolute atomic E-state index is 0.186. The fourth-order valence-electron chi connectivity index (χ4n) is 6.94. The minimum atomic E-state index is -0.407. The molecule has 1 aliphatic heterocycles. The first-order valence-corrected chi connectivity index (χ1v) is 12.3. The number of nitrogens with zero attached hydrogens (tertiary/aromatic N) is 1. The molecule has 1 saturated heterocycles. The Labute approximate surface area is 190 Å². The van der Waals surface area contributed by atoms with Gasteiger partial charge in [0.25, 0.3) is 0 Å². The molecule has 2 N–H and O–H groups in total. The highest BCUT2D eigenvalue weighted by Crippen LogP contribution is 2.59. The summed E-state index contributed by atoms with van der Waals surface area (Å²) in [4.78, 5) is 14.9. The topological polar surface area (TPSA) is 62.8 Å². The lowest BCUT2D eigenvalue weighted by molar-refractivity contribution is -0.0496. The first-order valence-electron chi connectivity index (χ1n) is 12.3. The van der Waals surface area contributed by atoms with Gasteiger partial charge in [-0.05, 0) is 80.2 Å². The second-order valence-corrected chi connectivity index (χ2v) is 10.5. The Balaban J connectivity index is 1.08. The fourth-order valence-corrected chi connectivity index (χ4v) is 6.94. The number of carbonyl (C=O) groups excluding carboxylic acids is 1. The first-order chi connectivity index (χ1) is 15.6. The third-order valence-electron chi connectivity index (χ3n) is 7.96. The number of rotatable bonds is 8. The van der Waals surface area contributed by atoms with E-state index in [1.807, 2.05) is 0 Å². The molecule has 2 amide bonds. The average molecular weight is 446 g/mol. The van der Waals surface area contributed by atoms with Gasteiger partial charge in [0.05, 0.1) is 19.8 Å². The molecule has 0 unspecified atom stereocenters. The van der Waals surface area contributed by atoms with E-state index in [1.54, 1.807) is 12.1 Å². The van der Waals surface area contributed by atoms with Crippen LogP contribution >= 0.6 is 0 Å². The molecule has 0 atom stereocenters. The van der Waals surface area contributed by atoms with E-state index in [-0.39, 0.29) is 11.8 Å². The first kappa shape index (κ1) is 22.0. The summed E-state index contributed by atoms with van der Waals surface area (Å²) in [6.07, 6.45) is 8.81. The molecule has 1 aromatic rings. The minimum Gasteiger partial charge on any atom is -0.490 e. The van der Waals surface area contributed by atoms with E-state index in [9.17, 15) is 9.18 Å². The number of ether oxygens (including phenoxy) is 2. The number of morpholine rings is 1. The van der Waals surface area contributed by atoms with Crippen molar-refractivity contribution in [2.24, 2.45) is 23.2 Å². The molecule has 0 radical (unpaired) electrons. The smallest absolute Gasteiger partial charge is 0.319 e. The van der Waals surface area contributed by atoms with E-state index in [0.717, 1.165) is 63.6 Å². The van der Waals surface area contributed by atoms with Crippen molar-refractivity contribution >= 4 is 11.7 Å². The second kappa shape index (κ2) is 9.56. The zero-order valence-electron chi connectivity index (χ0n) is 18.9. The van der Waals surface area contributed by atoms with Crippen LogP contribution in [0.2, 0.25) is 0 Å². The van der Waals surface area contributed by atoms with Crippen molar-refractivity contribution < 1.29 is 18.7 Å². The van der Waals surface area contributed by atoms with Crippen LogP contribution < -0.4 is 15.4 Å². The van der Waals surface area contributed by atoms with Gasteiger partial charge in [-0.15, -0.1) is 0 Å². The number of benzene rings is 1. The number of hydrogen-bond acceptors (Lipinski definition) is 4. The van der Waals surface area contributed by atoms with Crippen molar-refractivity contribution in [3.8, 4) is 5.75 Å². The Kier molecular flexibility index (Phi) is 6.56. The summed E-state index contributed by atoms with van der Waals surface area (Å²) in [6, 6.07) is 4.30. The van der Waals surface area contributed by atoms with E-state index in [1.165, 1.54) is 44.6 Å². The van der Waals surface area contributed by atoms with Crippen LogP contribution in [0.1, 0.15) is 44.9 Å². The number of nitrogens with one attached hydrogen (secondary N) is 2. The van der Waals surface area contributed by atoms with Gasteiger partial charge in [0, 0.05) is 37.9 Å². The monoisotopic (exact) mass is 445 g/mol. The number of hydrogen-bond donors (Lipinski definition) is 2. The van der Waals surface area contributed by atoms with Crippen molar-refractivity contribution in [2.45, 2.75) is 44.9 Å². The highest BCUT2D eigenvalue weighted by Gasteiger charge is 2.50. The summed E-state index contributed by atoms with van der Waals surface area (Å²) in [6.45, 7) is 5.51. The van der Waals surface area contributed by atoms with Gasteiger partial charge in [0.2, 0.25) is 0 Å². The second-order valence-electron chi connectivity index (χ2n) is 10.5. The van der Waals surface area contributed by atoms with Gasteiger partial charge in [0.1, 0.15) is 0 Å². The van der Waals surface area contributed by atoms with Gasteiger partial charge in [-0.1, -0.05) is 0 Å². The highest BCUT2D eigenvalue weighted by atomic mass is 19.1. The summed E-state index contributed by atoms with van der Waals surface area (Å²) >= 11 is 0. The van der Waals surface area contributed by atoms with Crippen molar-refractivity contribution in [1.82, 2.24) is 10.2 Å². The SMILES string of the molecule is O=C(NCC12CC3CC(CC(C3)C1)C2)Nc1ccc(F)c(OCCCN2CCOCC2)c1. The predicted molar refractivity (Wildman–Crippen MR) is 121 cm³/mol. The predicted octanol–water partition coefficient (Wildman–Crippen LogP) is 4.26. The molecule has 5 fully saturated rings. The Morgan fingerprint density at radius 1 is 1.12 bits per heavy atom. The van der Waals surface area contributed by atoms with Crippen LogP contribution in [-0.4, -0.2) is 56.9 Å². The van der Waals surface area contributed by atoms with Crippen LogP contribution in [0.15, 0.2) is 18.2 Å². The van der Waals surface area contributed by atoms with E-state index in [2.05, 4.69) is 15.5 Å². The molecule has 1 aromatic carbocycles. The maximum absolute atomic E-state index is 14.2. The number of halogens is 1. The summed E-state index contributed by atoms with van der Waals surface area (Å²) in [5, 5.41) is 5.98. The quantitative estimate of drug-likeness (QED) is 0.587. The van der Waals surface area contributed by atoms with E-state index in [0.29, 0.717) is 17.7 Å². The number of carbonyl (C=O) groups is 1. The van der Waals surface area contributed by atoms with Crippen molar-refractivity contribution in [3.63, 3.8) is 0 Å². The summed E-state index contributed by atoms with van der Waals surface area (Å²) in [5.74, 6) is 2.38. The zero-order valence-corrected chi connectivity index (χ0v) is 18.9. The van der Waals surface area contributed by atoms with E-state index in [4.69, 9.17) is 9.47 Å². The number of anilines is 1.